The van der Waals surface area contributed by atoms with Crippen LogP contribution in [-0.4, -0.2) is 35.6 Å². The highest BCUT2D eigenvalue weighted by Gasteiger charge is 2.13. The molecule has 0 spiro atoms. The minimum atomic E-state index is -0.806. The lowest BCUT2D eigenvalue weighted by molar-refractivity contribution is 0.134. The zero-order chi connectivity index (χ0) is 19.3. The first-order valence-corrected chi connectivity index (χ1v) is 10.3. The summed E-state index contributed by atoms with van der Waals surface area (Å²) in [5, 5.41) is 16.6. The van der Waals surface area contributed by atoms with Gasteiger partial charge in [0.1, 0.15) is 5.75 Å². The number of rotatable bonds is 9. The van der Waals surface area contributed by atoms with E-state index in [1.807, 2.05) is 0 Å². The highest BCUT2D eigenvalue weighted by Crippen LogP contribution is 2.25. The number of ether oxygens (including phenoxy) is 1. The summed E-state index contributed by atoms with van der Waals surface area (Å²) in [6.07, 6.45) is 13.1. The quantitative estimate of drug-likeness (QED) is 0.457. The summed E-state index contributed by atoms with van der Waals surface area (Å²) in [4.78, 5) is 0. The van der Waals surface area contributed by atoms with Crippen LogP contribution in [0.5, 0.6) is 5.75 Å². The minimum Gasteiger partial charge on any atom is -0.494 e. The van der Waals surface area contributed by atoms with Gasteiger partial charge in [-0.15, -0.1) is 0 Å². The average Bonchev–Trinajstić information content (AvgIpc) is 2.90. The van der Waals surface area contributed by atoms with Crippen molar-refractivity contribution in [1.29, 1.82) is 0 Å². The number of benzene rings is 1. The van der Waals surface area contributed by atoms with Gasteiger partial charge in [0.2, 0.25) is 0 Å². The largest absolute Gasteiger partial charge is 0.494 e. The van der Waals surface area contributed by atoms with Crippen LogP contribution in [0.4, 0.5) is 0 Å². The van der Waals surface area contributed by atoms with Gasteiger partial charge in [0.05, 0.1) is 25.4 Å². The molecule has 1 aromatic rings. The Labute approximate surface area is 159 Å². The van der Waals surface area contributed by atoms with Crippen molar-refractivity contribution in [1.82, 2.24) is 0 Å². The summed E-state index contributed by atoms with van der Waals surface area (Å²) in [5.74, 6) is 1.08. The van der Waals surface area contributed by atoms with Gasteiger partial charge in [0.25, 0.3) is 0 Å². The van der Waals surface area contributed by atoms with Gasteiger partial charge in [-0.05, 0) is 62.3 Å². The van der Waals surface area contributed by atoms with Crippen LogP contribution < -0.4 is 10.5 Å². The molecular weight excluding hydrogens is 326 g/mol. The molecule has 0 radical (unpaired) electrons. The zero-order valence-electron chi connectivity index (χ0n) is 16.8. The minimum absolute atomic E-state index is 0.177. The van der Waals surface area contributed by atoms with E-state index < -0.39 is 5.54 Å². The van der Waals surface area contributed by atoms with Gasteiger partial charge in [-0.3, -0.25) is 0 Å². The smallest absolute Gasteiger partial charge is 0.119 e. The van der Waals surface area contributed by atoms with Crippen molar-refractivity contribution in [3.8, 4) is 5.75 Å². The fourth-order valence-corrected chi connectivity index (χ4v) is 2.92. The lowest BCUT2D eigenvalue weighted by atomic mass is 10.0. The van der Waals surface area contributed by atoms with Gasteiger partial charge >= 0.3 is 0 Å². The number of nitrogens with two attached hydrogens (primary N) is 1. The Balaban J connectivity index is 0.000000412. The van der Waals surface area contributed by atoms with Gasteiger partial charge in [-0.2, -0.15) is 0 Å². The van der Waals surface area contributed by atoms with E-state index in [4.69, 9.17) is 20.7 Å². The van der Waals surface area contributed by atoms with E-state index in [1.165, 1.54) is 69.8 Å². The lowest BCUT2D eigenvalue weighted by Crippen LogP contribution is -2.43. The van der Waals surface area contributed by atoms with Crippen LogP contribution in [0.2, 0.25) is 0 Å². The molecule has 0 bridgehead atoms. The van der Waals surface area contributed by atoms with Crippen LogP contribution in [0.3, 0.4) is 0 Å². The van der Waals surface area contributed by atoms with Crippen molar-refractivity contribution in [2.45, 2.75) is 83.6 Å². The number of fused-ring (bicyclic) bond motifs is 1. The monoisotopic (exact) mass is 365 g/mol. The van der Waals surface area contributed by atoms with E-state index in [0.29, 0.717) is 0 Å². The van der Waals surface area contributed by atoms with Crippen LogP contribution in [-0.2, 0) is 12.8 Å². The van der Waals surface area contributed by atoms with Crippen molar-refractivity contribution in [3.63, 3.8) is 0 Å². The summed E-state index contributed by atoms with van der Waals surface area (Å²) in [6, 6.07) is 6.73. The van der Waals surface area contributed by atoms with Crippen LogP contribution in [0.1, 0.15) is 76.3 Å². The molecule has 26 heavy (non-hydrogen) atoms. The molecule has 0 aliphatic heterocycles. The third kappa shape index (κ3) is 9.56. The second kappa shape index (κ2) is 13.1. The van der Waals surface area contributed by atoms with Crippen molar-refractivity contribution < 1.29 is 14.9 Å². The molecule has 0 heterocycles. The highest BCUT2D eigenvalue weighted by atomic mass is 16.5. The highest BCUT2D eigenvalue weighted by molar-refractivity contribution is 5.36. The first-order valence-electron chi connectivity index (χ1n) is 10.3. The maximum absolute atomic E-state index is 8.31. The Morgan fingerprint density at radius 2 is 1.62 bits per heavy atom. The molecule has 0 fully saturated rings. The third-order valence-corrected chi connectivity index (χ3v) is 4.81. The number of aliphatic hydroxyl groups excluding tert-OH is 2. The maximum Gasteiger partial charge on any atom is 0.119 e. The summed E-state index contributed by atoms with van der Waals surface area (Å²) in [6.45, 7) is 4.36. The Morgan fingerprint density at radius 3 is 2.23 bits per heavy atom. The molecular formula is C22H39NO3. The molecule has 0 amide bonds. The van der Waals surface area contributed by atoms with E-state index >= 15 is 0 Å². The number of hydrogen-bond acceptors (Lipinski definition) is 4. The Kier molecular flexibility index (Phi) is 11.6. The van der Waals surface area contributed by atoms with Gasteiger partial charge in [0.15, 0.2) is 0 Å². The first-order chi connectivity index (χ1) is 12.5. The molecule has 1 aliphatic rings. The Hall–Kier alpha value is -1.10. The third-order valence-electron chi connectivity index (χ3n) is 4.81. The lowest BCUT2D eigenvalue weighted by Gasteiger charge is -2.16. The fourth-order valence-electron chi connectivity index (χ4n) is 2.92. The normalized spacial score (nSPS) is 14.0. The molecule has 0 unspecified atom stereocenters. The summed E-state index contributed by atoms with van der Waals surface area (Å²) in [5.41, 5.74) is 7.49. The fraction of sp³-hybridized carbons (Fsp3) is 0.727. The van der Waals surface area contributed by atoms with Crippen molar-refractivity contribution in [2.24, 2.45) is 5.73 Å². The second-order valence-electron chi connectivity index (χ2n) is 7.72. The number of hydrogen-bond donors (Lipinski definition) is 3. The molecule has 4 N–H and O–H groups in total. The SMILES string of the molecule is CC(N)(CO)CO.CCCCCCCOc1ccc2c(c1)CCCCC2. The predicted octanol–water partition coefficient (Wildman–Crippen LogP) is 3.99. The molecule has 2 rings (SSSR count). The van der Waals surface area contributed by atoms with Crippen molar-refractivity contribution in [2.75, 3.05) is 19.8 Å². The molecule has 150 valence electrons. The van der Waals surface area contributed by atoms with Gasteiger partial charge in [0, 0.05) is 0 Å². The van der Waals surface area contributed by atoms with Crippen molar-refractivity contribution >= 4 is 0 Å². The van der Waals surface area contributed by atoms with E-state index in [1.54, 1.807) is 12.5 Å². The molecule has 0 atom stereocenters. The van der Waals surface area contributed by atoms with E-state index in [-0.39, 0.29) is 13.2 Å². The first kappa shape index (κ1) is 22.9. The zero-order valence-corrected chi connectivity index (χ0v) is 16.8. The maximum atomic E-state index is 8.31. The van der Waals surface area contributed by atoms with Gasteiger partial charge in [-0.25, -0.2) is 0 Å². The topological polar surface area (TPSA) is 75.7 Å². The second-order valence-corrected chi connectivity index (χ2v) is 7.72. The van der Waals surface area contributed by atoms with Gasteiger partial charge < -0.3 is 20.7 Å². The van der Waals surface area contributed by atoms with Crippen LogP contribution in [0.25, 0.3) is 0 Å². The number of unbranched alkanes of at least 4 members (excludes halogenated alkanes) is 4. The van der Waals surface area contributed by atoms with E-state index in [2.05, 4.69) is 25.1 Å². The molecule has 4 nitrogen and oxygen atoms in total. The number of aliphatic hydroxyl groups is 2. The Morgan fingerprint density at radius 1 is 0.962 bits per heavy atom. The van der Waals surface area contributed by atoms with E-state index in [0.717, 1.165) is 12.4 Å². The van der Waals surface area contributed by atoms with Crippen LogP contribution in [0, 0.1) is 0 Å². The van der Waals surface area contributed by atoms with Crippen LogP contribution >= 0.6 is 0 Å². The Bertz CT molecular complexity index is 482. The van der Waals surface area contributed by atoms with Crippen molar-refractivity contribution in [3.05, 3.63) is 29.3 Å². The summed E-state index contributed by atoms with van der Waals surface area (Å²) in [7, 11) is 0. The van der Waals surface area contributed by atoms with E-state index in [9.17, 15) is 0 Å². The van der Waals surface area contributed by atoms with Crippen LogP contribution in [0.15, 0.2) is 18.2 Å². The standard InChI is InChI=1S/C18H28O.C4H11NO2/c1-2-3-4-5-9-14-19-18-13-12-16-10-7-6-8-11-17(16)15-18;1-4(5,2-6)3-7/h12-13,15H,2-11,14H2,1H3;6-7H,2-3,5H2,1H3. The predicted molar refractivity (Wildman–Crippen MR) is 109 cm³/mol. The summed E-state index contributed by atoms with van der Waals surface area (Å²) >= 11 is 0. The average molecular weight is 366 g/mol. The molecule has 1 aromatic carbocycles. The molecule has 1 aliphatic carbocycles. The van der Waals surface area contributed by atoms with Gasteiger partial charge in [-0.1, -0.05) is 45.1 Å². The summed E-state index contributed by atoms with van der Waals surface area (Å²) < 4.78 is 5.89. The molecule has 0 saturated heterocycles. The molecule has 4 heteroatoms. The molecule has 0 aromatic heterocycles. The molecule has 0 saturated carbocycles. The number of aryl methyl sites for hydroxylation is 2.